The number of benzene rings is 1. The highest BCUT2D eigenvalue weighted by Gasteiger charge is 2.14. The summed E-state index contributed by atoms with van der Waals surface area (Å²) in [6, 6.07) is 6.98. The maximum absolute atomic E-state index is 12.1. The minimum absolute atomic E-state index is 0. The first-order valence-electron chi connectivity index (χ1n) is 9.37. The van der Waals surface area contributed by atoms with E-state index >= 15 is 0 Å². The number of carbonyl (C=O) groups is 1. The Balaban J connectivity index is 0.00000392. The second kappa shape index (κ2) is 14.8. The van der Waals surface area contributed by atoms with Gasteiger partial charge in [-0.1, -0.05) is 23.7 Å². The molecule has 1 aromatic rings. The van der Waals surface area contributed by atoms with Crippen LogP contribution in [0.1, 0.15) is 29.6 Å². The number of hydrogen-bond acceptors (Lipinski definition) is 4. The minimum Gasteiger partial charge on any atom is -0.379 e. The largest absolute Gasteiger partial charge is 0.379 e. The quantitative estimate of drug-likeness (QED) is 0.190. The molecule has 3 N–H and O–H groups in total. The van der Waals surface area contributed by atoms with Crippen molar-refractivity contribution in [1.82, 2.24) is 16.0 Å². The number of guanidine groups is 1. The molecule has 9 heteroatoms. The molecule has 0 aromatic heterocycles. The lowest BCUT2D eigenvalue weighted by molar-refractivity contribution is 0.0168. The number of nitrogens with zero attached hydrogens (tertiary/aromatic N) is 1. The van der Waals surface area contributed by atoms with Gasteiger partial charge in [0.1, 0.15) is 0 Å². The van der Waals surface area contributed by atoms with Gasteiger partial charge < -0.3 is 25.4 Å². The van der Waals surface area contributed by atoms with Crippen molar-refractivity contribution in [3.8, 4) is 0 Å². The van der Waals surface area contributed by atoms with Crippen LogP contribution in [-0.4, -0.2) is 64.5 Å². The van der Waals surface area contributed by atoms with Crippen molar-refractivity contribution in [3.05, 3.63) is 34.9 Å². The third-order valence-electron chi connectivity index (χ3n) is 4.13. The maximum atomic E-state index is 12.1. The van der Waals surface area contributed by atoms with Gasteiger partial charge in [0.15, 0.2) is 5.96 Å². The van der Waals surface area contributed by atoms with E-state index in [1.54, 1.807) is 31.3 Å². The van der Waals surface area contributed by atoms with Crippen LogP contribution in [0.2, 0.25) is 5.02 Å². The van der Waals surface area contributed by atoms with Gasteiger partial charge in [-0.25, -0.2) is 0 Å². The molecule has 1 aliphatic rings. The molecule has 1 heterocycles. The second-order valence-corrected chi connectivity index (χ2v) is 6.63. The third-order valence-corrected chi connectivity index (χ3v) is 4.46. The van der Waals surface area contributed by atoms with Gasteiger partial charge in [0, 0.05) is 39.9 Å². The molecule has 158 valence electrons. The number of rotatable bonds is 10. The Bertz CT molecular complexity index is 613. The topological polar surface area (TPSA) is 84.0 Å². The highest BCUT2D eigenvalue weighted by atomic mass is 127. The first kappa shape index (κ1) is 24.9. The average Bonchev–Trinajstić information content (AvgIpc) is 3.19. The molecule has 1 saturated heterocycles. The molecular formula is C19H30ClIN4O3. The lowest BCUT2D eigenvalue weighted by Gasteiger charge is -2.13. The van der Waals surface area contributed by atoms with Crippen LogP contribution >= 0.6 is 35.6 Å². The summed E-state index contributed by atoms with van der Waals surface area (Å²) in [4.78, 5) is 16.2. The highest BCUT2D eigenvalue weighted by molar-refractivity contribution is 14.0. The smallest absolute Gasteiger partial charge is 0.252 e. The molecule has 0 aliphatic carbocycles. The molecule has 1 unspecified atom stereocenters. The van der Waals surface area contributed by atoms with Crippen molar-refractivity contribution in [2.24, 2.45) is 4.99 Å². The van der Waals surface area contributed by atoms with Crippen LogP contribution in [0.15, 0.2) is 29.3 Å². The van der Waals surface area contributed by atoms with Crippen LogP contribution < -0.4 is 16.0 Å². The zero-order valence-corrected chi connectivity index (χ0v) is 19.3. The van der Waals surface area contributed by atoms with Gasteiger partial charge in [-0.3, -0.25) is 9.79 Å². The van der Waals surface area contributed by atoms with E-state index in [-0.39, 0.29) is 36.0 Å². The predicted molar refractivity (Wildman–Crippen MR) is 123 cm³/mol. The maximum Gasteiger partial charge on any atom is 0.252 e. The highest BCUT2D eigenvalue weighted by Crippen LogP contribution is 2.14. The van der Waals surface area contributed by atoms with E-state index in [2.05, 4.69) is 20.9 Å². The molecule has 0 spiro atoms. The Morgan fingerprint density at radius 3 is 2.71 bits per heavy atom. The summed E-state index contributed by atoms with van der Waals surface area (Å²) >= 11 is 6.01. The summed E-state index contributed by atoms with van der Waals surface area (Å²) in [6.45, 7) is 4.02. The summed E-state index contributed by atoms with van der Waals surface area (Å²) in [5.74, 6) is 0.509. The summed E-state index contributed by atoms with van der Waals surface area (Å²) in [5.41, 5.74) is 0.477. The van der Waals surface area contributed by atoms with Gasteiger partial charge in [0.05, 0.1) is 23.3 Å². The molecule has 2 rings (SSSR count). The van der Waals surface area contributed by atoms with Crippen LogP contribution in [0.5, 0.6) is 0 Å². The molecule has 1 aromatic carbocycles. The van der Waals surface area contributed by atoms with Crippen molar-refractivity contribution in [3.63, 3.8) is 0 Å². The Labute approximate surface area is 189 Å². The normalized spacial score (nSPS) is 16.4. The van der Waals surface area contributed by atoms with Crippen LogP contribution in [0.25, 0.3) is 0 Å². The number of ether oxygens (including phenoxy) is 2. The van der Waals surface area contributed by atoms with Crippen molar-refractivity contribution in [2.75, 3.05) is 46.5 Å². The SMILES string of the molecule is CN=C(NCCCOCC1CCCO1)NCCNC(=O)c1ccccc1Cl.I. The van der Waals surface area contributed by atoms with Crippen molar-refractivity contribution >= 4 is 47.4 Å². The molecule has 1 fully saturated rings. The molecule has 1 atom stereocenters. The Morgan fingerprint density at radius 2 is 2.00 bits per heavy atom. The lowest BCUT2D eigenvalue weighted by atomic mass is 10.2. The Morgan fingerprint density at radius 1 is 1.25 bits per heavy atom. The van der Waals surface area contributed by atoms with E-state index in [9.17, 15) is 4.79 Å². The number of carbonyl (C=O) groups excluding carboxylic acids is 1. The molecule has 0 saturated carbocycles. The number of halogens is 2. The molecular weight excluding hydrogens is 495 g/mol. The van der Waals surface area contributed by atoms with E-state index in [1.807, 2.05) is 0 Å². The fraction of sp³-hybridized carbons (Fsp3) is 0.579. The summed E-state index contributed by atoms with van der Waals surface area (Å²) < 4.78 is 11.1. The molecule has 1 aliphatic heterocycles. The first-order chi connectivity index (χ1) is 13.2. The van der Waals surface area contributed by atoms with E-state index < -0.39 is 0 Å². The zero-order chi connectivity index (χ0) is 19.3. The number of amides is 1. The predicted octanol–water partition coefficient (Wildman–Crippen LogP) is 2.44. The molecule has 1 amide bonds. The van der Waals surface area contributed by atoms with Crippen molar-refractivity contribution in [2.45, 2.75) is 25.4 Å². The van der Waals surface area contributed by atoms with Crippen LogP contribution in [0.4, 0.5) is 0 Å². The lowest BCUT2D eigenvalue weighted by Crippen LogP contribution is -2.42. The second-order valence-electron chi connectivity index (χ2n) is 6.23. The number of aliphatic imine (C=N–C) groups is 1. The van der Waals surface area contributed by atoms with E-state index in [4.69, 9.17) is 21.1 Å². The average molecular weight is 525 g/mol. The van der Waals surface area contributed by atoms with Gasteiger partial charge in [0.2, 0.25) is 0 Å². The fourth-order valence-corrected chi connectivity index (χ4v) is 2.91. The first-order valence-corrected chi connectivity index (χ1v) is 9.75. The molecule has 28 heavy (non-hydrogen) atoms. The van der Waals surface area contributed by atoms with Crippen LogP contribution in [0.3, 0.4) is 0 Å². The van der Waals surface area contributed by atoms with Gasteiger partial charge in [-0.2, -0.15) is 0 Å². The third kappa shape index (κ3) is 9.40. The molecule has 0 bridgehead atoms. The zero-order valence-electron chi connectivity index (χ0n) is 16.2. The summed E-state index contributed by atoms with van der Waals surface area (Å²) in [7, 11) is 1.71. The summed E-state index contributed by atoms with van der Waals surface area (Å²) in [6.07, 6.45) is 3.39. The van der Waals surface area contributed by atoms with Gasteiger partial charge in [-0.05, 0) is 31.4 Å². The number of hydrogen-bond donors (Lipinski definition) is 3. The summed E-state index contributed by atoms with van der Waals surface area (Å²) in [5, 5.41) is 9.65. The van der Waals surface area contributed by atoms with Crippen molar-refractivity contribution < 1.29 is 14.3 Å². The van der Waals surface area contributed by atoms with Gasteiger partial charge in [0.25, 0.3) is 5.91 Å². The monoisotopic (exact) mass is 524 g/mol. The van der Waals surface area contributed by atoms with Crippen molar-refractivity contribution in [1.29, 1.82) is 0 Å². The molecule has 7 nitrogen and oxygen atoms in total. The number of nitrogens with one attached hydrogen (secondary N) is 3. The standard InChI is InChI=1S/C19H29ClN4O3.HI/c1-21-19(23-9-5-12-26-14-15-6-4-13-27-15)24-11-10-22-18(25)16-7-2-3-8-17(16)20;/h2-3,7-8,15H,4-6,9-14H2,1H3,(H,22,25)(H2,21,23,24);1H. The Hall–Kier alpha value is -1.10. The minimum atomic E-state index is -0.186. The molecule has 0 radical (unpaired) electrons. The fourth-order valence-electron chi connectivity index (χ4n) is 2.69. The van der Waals surface area contributed by atoms with Crippen LogP contribution in [0, 0.1) is 0 Å². The van der Waals surface area contributed by atoms with E-state index in [1.165, 1.54) is 0 Å². The van der Waals surface area contributed by atoms with Crippen LogP contribution in [-0.2, 0) is 9.47 Å². The Kier molecular flexibility index (Phi) is 13.2. The van der Waals surface area contributed by atoms with E-state index in [0.29, 0.717) is 42.8 Å². The van der Waals surface area contributed by atoms with Gasteiger partial charge >= 0.3 is 0 Å². The van der Waals surface area contributed by atoms with E-state index in [0.717, 1.165) is 32.4 Å². The van der Waals surface area contributed by atoms with Gasteiger partial charge in [-0.15, -0.1) is 24.0 Å².